The van der Waals surface area contributed by atoms with Crippen LogP contribution in [0.2, 0.25) is 0 Å². The maximum atomic E-state index is 9.78. The summed E-state index contributed by atoms with van der Waals surface area (Å²) in [4.78, 5) is 0. The van der Waals surface area contributed by atoms with Crippen LogP contribution in [0.5, 0.6) is 0 Å². The molecule has 1 aromatic carbocycles. The van der Waals surface area contributed by atoms with E-state index in [-0.39, 0.29) is 18.6 Å². The highest BCUT2D eigenvalue weighted by atomic mass is 16.5. The summed E-state index contributed by atoms with van der Waals surface area (Å²) in [7, 11) is 0. The van der Waals surface area contributed by atoms with Gasteiger partial charge in [0, 0.05) is 25.2 Å². The van der Waals surface area contributed by atoms with Gasteiger partial charge in [-0.05, 0) is 49.8 Å². The number of aryl methyl sites for hydroxylation is 1. The predicted molar refractivity (Wildman–Crippen MR) is 120 cm³/mol. The van der Waals surface area contributed by atoms with Gasteiger partial charge < -0.3 is 20.3 Å². The highest BCUT2D eigenvalue weighted by Gasteiger charge is 2.28. The highest BCUT2D eigenvalue weighted by Crippen LogP contribution is 2.30. The first kappa shape index (κ1) is 23.8. The minimum atomic E-state index is -0.259. The quantitative estimate of drug-likeness (QED) is 0.366. The highest BCUT2D eigenvalue weighted by molar-refractivity contribution is 5.24. The molecule has 1 atom stereocenters. The summed E-state index contributed by atoms with van der Waals surface area (Å²) in [5.41, 5.74) is 2.12. The van der Waals surface area contributed by atoms with E-state index in [4.69, 9.17) is 4.74 Å². The van der Waals surface area contributed by atoms with Gasteiger partial charge in [-0.15, -0.1) is 0 Å². The van der Waals surface area contributed by atoms with E-state index in [0.29, 0.717) is 0 Å². The van der Waals surface area contributed by atoms with Crippen molar-refractivity contribution in [1.29, 1.82) is 0 Å². The van der Waals surface area contributed by atoms with Crippen LogP contribution in [0, 0.1) is 5.41 Å². The third-order valence-electron chi connectivity index (χ3n) is 5.60. The zero-order valence-electron chi connectivity index (χ0n) is 17.8. The molecule has 0 radical (unpaired) electrons. The Morgan fingerprint density at radius 1 is 0.931 bits per heavy atom. The zero-order chi connectivity index (χ0) is 20.6. The van der Waals surface area contributed by atoms with Crippen LogP contribution >= 0.6 is 0 Å². The second kappa shape index (κ2) is 14.5. The fourth-order valence-electron chi connectivity index (χ4n) is 3.80. The van der Waals surface area contributed by atoms with E-state index in [9.17, 15) is 10.2 Å². The molecule has 0 aromatic heterocycles. The van der Waals surface area contributed by atoms with Crippen molar-refractivity contribution in [3.8, 4) is 0 Å². The number of rotatable bonds is 16. The standard InChI is InChI=1S/C25H39NO3/c27-20-24-13-9-15-25(19-24,22-28)21-26-16-7-2-1-3-8-17-29-18-10-14-23-11-5-4-6-12-23/h4-6,9,11-13,15,26-28H,1-3,7-8,10,14,16-22H2. The number of ether oxygens (including phenoxy) is 1. The molecular formula is C25H39NO3. The lowest BCUT2D eigenvalue weighted by Gasteiger charge is -2.32. The molecule has 162 valence electrons. The van der Waals surface area contributed by atoms with Gasteiger partial charge in [0.2, 0.25) is 0 Å². The summed E-state index contributed by atoms with van der Waals surface area (Å²) in [5, 5.41) is 22.6. The average molecular weight is 402 g/mol. The van der Waals surface area contributed by atoms with Gasteiger partial charge >= 0.3 is 0 Å². The normalized spacial score (nSPS) is 18.8. The fraction of sp³-hybridized carbons (Fsp3) is 0.600. The van der Waals surface area contributed by atoms with Gasteiger partial charge in [0.1, 0.15) is 0 Å². The number of aliphatic hydroxyl groups is 2. The number of benzene rings is 1. The second-order valence-corrected chi connectivity index (χ2v) is 8.19. The van der Waals surface area contributed by atoms with Crippen molar-refractivity contribution in [2.75, 3.05) is 39.5 Å². The Balaban J connectivity index is 1.38. The van der Waals surface area contributed by atoms with Crippen LogP contribution in [0.15, 0.2) is 54.1 Å². The van der Waals surface area contributed by atoms with E-state index in [1.165, 1.54) is 24.8 Å². The van der Waals surface area contributed by atoms with Crippen molar-refractivity contribution >= 4 is 0 Å². The number of hydrogen-bond donors (Lipinski definition) is 3. The van der Waals surface area contributed by atoms with Crippen LogP contribution in [-0.4, -0.2) is 49.7 Å². The molecule has 3 N–H and O–H groups in total. The summed E-state index contributed by atoms with van der Waals surface area (Å²) in [6.45, 7) is 3.64. The van der Waals surface area contributed by atoms with Crippen LogP contribution in [0.4, 0.5) is 0 Å². The smallest absolute Gasteiger partial charge is 0.0645 e. The lowest BCUT2D eigenvalue weighted by Crippen LogP contribution is -2.37. The van der Waals surface area contributed by atoms with Crippen LogP contribution < -0.4 is 5.32 Å². The lowest BCUT2D eigenvalue weighted by molar-refractivity contribution is 0.127. The molecule has 0 spiro atoms. The minimum absolute atomic E-state index is 0.0723. The Hall–Kier alpha value is -1.46. The van der Waals surface area contributed by atoms with Crippen LogP contribution in [0.1, 0.15) is 50.5 Å². The monoisotopic (exact) mass is 401 g/mol. The SMILES string of the molecule is OCC1=CC=CC(CO)(CNCCCCCCCOCCCc2ccccc2)C1. The van der Waals surface area contributed by atoms with Crippen molar-refractivity contribution in [3.63, 3.8) is 0 Å². The Morgan fingerprint density at radius 2 is 1.69 bits per heavy atom. The Morgan fingerprint density at radius 3 is 2.48 bits per heavy atom. The molecule has 0 aliphatic heterocycles. The molecular weight excluding hydrogens is 362 g/mol. The number of nitrogens with one attached hydrogen (secondary N) is 1. The molecule has 1 aliphatic rings. The molecule has 29 heavy (non-hydrogen) atoms. The van der Waals surface area contributed by atoms with Gasteiger partial charge in [0.05, 0.1) is 13.2 Å². The summed E-state index contributed by atoms with van der Waals surface area (Å²) < 4.78 is 5.74. The minimum Gasteiger partial charge on any atom is -0.395 e. The molecule has 1 aromatic rings. The lowest BCUT2D eigenvalue weighted by atomic mass is 9.79. The Bertz CT molecular complexity index is 599. The third-order valence-corrected chi connectivity index (χ3v) is 5.60. The van der Waals surface area contributed by atoms with E-state index in [0.717, 1.165) is 64.0 Å². The first-order chi connectivity index (χ1) is 14.3. The van der Waals surface area contributed by atoms with E-state index in [2.05, 4.69) is 41.7 Å². The first-order valence-electron chi connectivity index (χ1n) is 11.2. The maximum Gasteiger partial charge on any atom is 0.0645 e. The number of hydrogen-bond acceptors (Lipinski definition) is 4. The molecule has 0 bridgehead atoms. The van der Waals surface area contributed by atoms with Gasteiger partial charge in [0.15, 0.2) is 0 Å². The van der Waals surface area contributed by atoms with Crippen LogP contribution in [0.25, 0.3) is 0 Å². The molecule has 0 amide bonds. The molecule has 1 aliphatic carbocycles. The van der Waals surface area contributed by atoms with E-state index in [1.807, 2.05) is 12.2 Å². The summed E-state index contributed by atoms with van der Waals surface area (Å²) in [6, 6.07) is 10.6. The van der Waals surface area contributed by atoms with E-state index in [1.54, 1.807) is 0 Å². The first-order valence-corrected chi connectivity index (χ1v) is 11.2. The molecule has 1 unspecified atom stereocenters. The third kappa shape index (κ3) is 9.72. The Labute approximate surface area is 176 Å². The van der Waals surface area contributed by atoms with Gasteiger partial charge in [-0.2, -0.15) is 0 Å². The topological polar surface area (TPSA) is 61.7 Å². The van der Waals surface area contributed by atoms with Crippen LogP contribution in [0.3, 0.4) is 0 Å². The van der Waals surface area contributed by atoms with Crippen molar-refractivity contribution in [1.82, 2.24) is 5.32 Å². The zero-order valence-corrected chi connectivity index (χ0v) is 17.8. The second-order valence-electron chi connectivity index (χ2n) is 8.19. The van der Waals surface area contributed by atoms with Gasteiger partial charge in [0.25, 0.3) is 0 Å². The van der Waals surface area contributed by atoms with Gasteiger partial charge in [-0.3, -0.25) is 0 Å². The predicted octanol–water partition coefficient (Wildman–Crippen LogP) is 4.03. The van der Waals surface area contributed by atoms with Gasteiger partial charge in [-0.1, -0.05) is 67.8 Å². The van der Waals surface area contributed by atoms with Crippen molar-refractivity contribution in [3.05, 3.63) is 59.7 Å². The molecule has 0 saturated carbocycles. The molecule has 4 heteroatoms. The number of aliphatic hydroxyl groups excluding tert-OH is 2. The Kier molecular flexibility index (Phi) is 11.9. The van der Waals surface area contributed by atoms with E-state index >= 15 is 0 Å². The number of allylic oxidation sites excluding steroid dienone is 2. The molecule has 4 nitrogen and oxygen atoms in total. The van der Waals surface area contributed by atoms with Gasteiger partial charge in [-0.25, -0.2) is 0 Å². The maximum absolute atomic E-state index is 9.78. The summed E-state index contributed by atoms with van der Waals surface area (Å²) in [5.74, 6) is 0. The van der Waals surface area contributed by atoms with Crippen molar-refractivity contribution in [2.24, 2.45) is 5.41 Å². The van der Waals surface area contributed by atoms with Crippen LogP contribution in [-0.2, 0) is 11.2 Å². The summed E-state index contributed by atoms with van der Waals surface area (Å²) >= 11 is 0. The average Bonchev–Trinajstić information content (AvgIpc) is 2.77. The molecule has 0 heterocycles. The fourth-order valence-corrected chi connectivity index (χ4v) is 3.80. The van der Waals surface area contributed by atoms with Crippen molar-refractivity contribution < 1.29 is 14.9 Å². The van der Waals surface area contributed by atoms with E-state index < -0.39 is 0 Å². The molecule has 2 rings (SSSR count). The number of unbranched alkanes of at least 4 members (excludes halogenated alkanes) is 4. The summed E-state index contributed by atoms with van der Waals surface area (Å²) in [6.07, 6.45) is 14.9. The molecule has 0 saturated heterocycles. The molecule has 0 fully saturated rings. The largest absolute Gasteiger partial charge is 0.395 e. The van der Waals surface area contributed by atoms with Crippen molar-refractivity contribution in [2.45, 2.75) is 51.4 Å².